The molecule has 1 fully saturated rings. The molecular formula is C32H36N4O2S. The predicted octanol–water partition coefficient (Wildman–Crippen LogP) is 5.27. The lowest BCUT2D eigenvalue weighted by atomic mass is 10.1. The van der Waals surface area contributed by atoms with E-state index in [1.165, 1.54) is 28.6 Å². The van der Waals surface area contributed by atoms with Gasteiger partial charge in [0.1, 0.15) is 0 Å². The second-order valence-electron chi connectivity index (χ2n) is 10.4. The lowest BCUT2D eigenvalue weighted by Gasteiger charge is -2.37. The van der Waals surface area contributed by atoms with Crippen molar-refractivity contribution < 1.29 is 9.59 Å². The first kappa shape index (κ1) is 27.0. The fourth-order valence-corrected chi connectivity index (χ4v) is 6.26. The summed E-state index contributed by atoms with van der Waals surface area (Å²) in [6, 6.07) is 20.2. The van der Waals surface area contributed by atoms with Crippen LogP contribution < -0.4 is 15.1 Å². The fourth-order valence-electron chi connectivity index (χ4n) is 5.17. The van der Waals surface area contributed by atoms with Crippen molar-refractivity contribution in [1.82, 2.24) is 10.2 Å². The molecule has 0 aliphatic carbocycles. The van der Waals surface area contributed by atoms with E-state index in [0.717, 1.165) is 54.4 Å². The average Bonchev–Trinajstić information content (AvgIpc) is 2.93. The van der Waals surface area contributed by atoms with Gasteiger partial charge in [-0.05, 0) is 67.8 Å². The SMILES string of the molecule is Cc1cccc(C=C2Sc3ccc(C(=O)NCCN4CCN(c5cccc(C)c5C)CC4)cc3N(C)C2=O)c1. The lowest BCUT2D eigenvalue weighted by Crippen LogP contribution is -2.48. The molecule has 1 N–H and O–H groups in total. The topological polar surface area (TPSA) is 55.9 Å². The number of hydrogen-bond acceptors (Lipinski definition) is 5. The number of benzene rings is 3. The van der Waals surface area contributed by atoms with E-state index in [9.17, 15) is 9.59 Å². The number of carbonyl (C=O) groups is 2. The van der Waals surface area contributed by atoms with E-state index >= 15 is 0 Å². The Kier molecular flexibility index (Phi) is 8.10. The Morgan fingerprint density at radius 1 is 0.949 bits per heavy atom. The maximum Gasteiger partial charge on any atom is 0.264 e. The fraction of sp³-hybridized carbons (Fsp3) is 0.312. The molecule has 7 heteroatoms. The minimum Gasteiger partial charge on any atom is -0.369 e. The molecular weight excluding hydrogens is 504 g/mol. The summed E-state index contributed by atoms with van der Waals surface area (Å²) in [5, 5.41) is 3.07. The highest BCUT2D eigenvalue weighted by atomic mass is 32.2. The number of carbonyl (C=O) groups excluding carboxylic acids is 2. The van der Waals surface area contributed by atoms with E-state index in [2.05, 4.69) is 53.2 Å². The summed E-state index contributed by atoms with van der Waals surface area (Å²) in [5.41, 5.74) is 7.50. The highest BCUT2D eigenvalue weighted by Gasteiger charge is 2.27. The quantitative estimate of drug-likeness (QED) is 0.432. The van der Waals surface area contributed by atoms with Gasteiger partial charge in [0.15, 0.2) is 0 Å². The molecule has 6 nitrogen and oxygen atoms in total. The van der Waals surface area contributed by atoms with Gasteiger partial charge in [0.25, 0.3) is 11.8 Å². The van der Waals surface area contributed by atoms with E-state index in [4.69, 9.17) is 0 Å². The minimum atomic E-state index is -0.112. The standard InChI is InChI=1S/C32H36N4O2S/c1-22-7-5-9-25(19-22)20-30-32(38)34(4)28-21-26(11-12-29(28)39-30)31(37)33-13-14-35-15-17-36(18-16-35)27-10-6-8-23(2)24(27)3/h5-12,19-21H,13-18H2,1-4H3,(H,33,37). The molecule has 2 amide bonds. The number of piperazine rings is 1. The Morgan fingerprint density at radius 2 is 1.72 bits per heavy atom. The molecule has 0 saturated carbocycles. The molecule has 0 spiro atoms. The minimum absolute atomic E-state index is 0.0634. The third kappa shape index (κ3) is 6.05. The molecule has 0 aromatic heterocycles. The van der Waals surface area contributed by atoms with Gasteiger partial charge in [-0.15, -0.1) is 0 Å². The maximum absolute atomic E-state index is 13.1. The molecule has 2 aliphatic heterocycles. The number of rotatable bonds is 6. The van der Waals surface area contributed by atoms with Gasteiger partial charge in [-0.2, -0.15) is 0 Å². The zero-order valence-electron chi connectivity index (χ0n) is 23.2. The Bertz CT molecular complexity index is 1430. The van der Waals surface area contributed by atoms with Gasteiger partial charge in [-0.1, -0.05) is 53.7 Å². The molecule has 0 atom stereocenters. The number of hydrogen-bond donors (Lipinski definition) is 1. The smallest absolute Gasteiger partial charge is 0.264 e. The van der Waals surface area contributed by atoms with Crippen molar-refractivity contribution in [3.8, 4) is 0 Å². The maximum atomic E-state index is 13.1. The number of nitrogens with one attached hydrogen (secondary N) is 1. The third-order valence-corrected chi connectivity index (χ3v) is 8.74. The van der Waals surface area contributed by atoms with Gasteiger partial charge in [0, 0.05) is 62.5 Å². The summed E-state index contributed by atoms with van der Waals surface area (Å²) in [6.45, 7) is 11.7. The van der Waals surface area contributed by atoms with E-state index in [-0.39, 0.29) is 11.8 Å². The number of nitrogens with zero attached hydrogens (tertiary/aromatic N) is 3. The van der Waals surface area contributed by atoms with Crippen molar-refractivity contribution in [3.05, 3.63) is 93.4 Å². The monoisotopic (exact) mass is 540 g/mol. The van der Waals surface area contributed by atoms with E-state index in [1.807, 2.05) is 49.4 Å². The lowest BCUT2D eigenvalue weighted by molar-refractivity contribution is -0.114. The van der Waals surface area contributed by atoms with Crippen LogP contribution in [0.1, 0.15) is 32.6 Å². The molecule has 3 aromatic rings. The predicted molar refractivity (Wildman–Crippen MR) is 162 cm³/mol. The Labute approximate surface area is 235 Å². The molecule has 3 aromatic carbocycles. The van der Waals surface area contributed by atoms with Gasteiger partial charge in [-0.25, -0.2) is 0 Å². The van der Waals surface area contributed by atoms with Crippen LogP contribution in [0.5, 0.6) is 0 Å². The van der Waals surface area contributed by atoms with Crippen LogP contribution in [-0.2, 0) is 4.79 Å². The zero-order chi connectivity index (χ0) is 27.5. The summed E-state index contributed by atoms with van der Waals surface area (Å²) >= 11 is 1.45. The van der Waals surface area contributed by atoms with Crippen molar-refractivity contribution in [2.45, 2.75) is 25.7 Å². The third-order valence-electron chi connectivity index (χ3n) is 7.66. The molecule has 1 saturated heterocycles. The van der Waals surface area contributed by atoms with Crippen molar-refractivity contribution in [1.29, 1.82) is 0 Å². The van der Waals surface area contributed by atoms with Crippen LogP contribution >= 0.6 is 11.8 Å². The summed E-state index contributed by atoms with van der Waals surface area (Å²) in [7, 11) is 1.77. The normalized spacial score (nSPS) is 16.9. The molecule has 2 aliphatic rings. The zero-order valence-corrected chi connectivity index (χ0v) is 24.0. The first-order valence-electron chi connectivity index (χ1n) is 13.5. The molecule has 0 radical (unpaired) electrons. The molecule has 2 heterocycles. The second-order valence-corrected chi connectivity index (χ2v) is 11.5. The number of thioether (sulfide) groups is 1. The average molecular weight is 541 g/mol. The van der Waals surface area contributed by atoms with Crippen LogP contribution in [0.2, 0.25) is 0 Å². The molecule has 0 bridgehead atoms. The largest absolute Gasteiger partial charge is 0.369 e. The van der Waals surface area contributed by atoms with E-state index in [0.29, 0.717) is 17.0 Å². The van der Waals surface area contributed by atoms with Crippen molar-refractivity contribution in [2.24, 2.45) is 0 Å². The summed E-state index contributed by atoms with van der Waals surface area (Å²) < 4.78 is 0. The second kappa shape index (κ2) is 11.7. The first-order chi connectivity index (χ1) is 18.8. The van der Waals surface area contributed by atoms with Gasteiger partial charge in [0.05, 0.1) is 10.6 Å². The van der Waals surface area contributed by atoms with Gasteiger partial charge >= 0.3 is 0 Å². The van der Waals surface area contributed by atoms with Crippen molar-refractivity contribution >= 4 is 41.0 Å². The Morgan fingerprint density at radius 3 is 2.49 bits per heavy atom. The van der Waals surface area contributed by atoms with Gasteiger partial charge in [0.2, 0.25) is 0 Å². The number of aryl methyl sites for hydroxylation is 2. The molecule has 39 heavy (non-hydrogen) atoms. The van der Waals surface area contributed by atoms with Gasteiger partial charge in [-0.3, -0.25) is 14.5 Å². The molecule has 202 valence electrons. The Hall–Kier alpha value is -3.55. The highest BCUT2D eigenvalue weighted by Crippen LogP contribution is 2.42. The van der Waals surface area contributed by atoms with Crippen molar-refractivity contribution in [3.63, 3.8) is 0 Å². The highest BCUT2D eigenvalue weighted by molar-refractivity contribution is 8.04. The van der Waals surface area contributed by atoms with Crippen LogP contribution in [0, 0.1) is 20.8 Å². The van der Waals surface area contributed by atoms with E-state index < -0.39 is 0 Å². The van der Waals surface area contributed by atoms with E-state index in [1.54, 1.807) is 11.9 Å². The van der Waals surface area contributed by atoms with Crippen LogP contribution in [0.3, 0.4) is 0 Å². The molecule has 0 unspecified atom stereocenters. The van der Waals surface area contributed by atoms with Crippen LogP contribution in [0.15, 0.2) is 70.5 Å². The summed E-state index contributed by atoms with van der Waals surface area (Å²) in [4.78, 5) is 34.2. The summed E-state index contributed by atoms with van der Waals surface area (Å²) in [5.74, 6) is -0.176. The first-order valence-corrected chi connectivity index (χ1v) is 14.3. The van der Waals surface area contributed by atoms with Crippen LogP contribution in [0.4, 0.5) is 11.4 Å². The summed E-state index contributed by atoms with van der Waals surface area (Å²) in [6.07, 6.45) is 1.93. The number of anilines is 2. The van der Waals surface area contributed by atoms with Gasteiger partial charge < -0.3 is 15.1 Å². The number of likely N-dealkylation sites (N-methyl/N-ethyl adjacent to an activating group) is 1. The Balaban J connectivity index is 1.15. The number of amides is 2. The van der Waals surface area contributed by atoms with Crippen LogP contribution in [0.25, 0.3) is 6.08 Å². The number of fused-ring (bicyclic) bond motifs is 1. The van der Waals surface area contributed by atoms with Crippen LogP contribution in [-0.4, -0.2) is 63.0 Å². The molecule has 5 rings (SSSR count). The van der Waals surface area contributed by atoms with Crippen molar-refractivity contribution in [2.75, 3.05) is 56.1 Å².